The molecule has 3 N–H and O–H groups in total. The molecular weight excluding hydrogens is 360 g/mol. The summed E-state index contributed by atoms with van der Waals surface area (Å²) >= 11 is 1.45. The first-order valence-electron chi connectivity index (χ1n) is 8.50. The number of nitrogens with one attached hydrogen (secondary N) is 3. The molecule has 0 unspecified atom stereocenters. The number of thiazole rings is 1. The predicted molar refractivity (Wildman–Crippen MR) is 106 cm³/mol. The number of anilines is 2. The average Bonchev–Trinajstić information content (AvgIpc) is 3.26. The molecule has 0 atom stereocenters. The summed E-state index contributed by atoms with van der Waals surface area (Å²) in [5.74, 6) is 1.38. The van der Waals surface area contributed by atoms with Crippen molar-refractivity contribution in [1.82, 2.24) is 25.3 Å². The molecule has 136 valence electrons. The van der Waals surface area contributed by atoms with Crippen molar-refractivity contribution in [2.24, 2.45) is 0 Å². The summed E-state index contributed by atoms with van der Waals surface area (Å²) in [6.07, 6.45) is 1.97. The van der Waals surface area contributed by atoms with Gasteiger partial charge in [-0.15, -0.1) is 11.3 Å². The van der Waals surface area contributed by atoms with Crippen molar-refractivity contribution in [1.29, 1.82) is 0 Å². The predicted octanol–water partition coefficient (Wildman–Crippen LogP) is 3.33. The molecular formula is C19H18N6OS. The maximum absolute atomic E-state index is 12.2. The Morgan fingerprint density at radius 2 is 2.11 bits per heavy atom. The summed E-state index contributed by atoms with van der Waals surface area (Å²) in [5.41, 5.74) is 3.69. The van der Waals surface area contributed by atoms with Gasteiger partial charge < -0.3 is 15.6 Å². The van der Waals surface area contributed by atoms with E-state index in [2.05, 4.69) is 30.6 Å². The van der Waals surface area contributed by atoms with Crippen LogP contribution in [0, 0.1) is 6.92 Å². The van der Waals surface area contributed by atoms with Crippen LogP contribution in [0.1, 0.15) is 17.1 Å². The number of aromatic amines is 1. The molecule has 3 aromatic heterocycles. The minimum atomic E-state index is -0.0963. The van der Waals surface area contributed by atoms with Crippen LogP contribution in [0.3, 0.4) is 0 Å². The Hall–Kier alpha value is -3.26. The molecule has 0 aliphatic rings. The zero-order valence-electron chi connectivity index (χ0n) is 14.7. The van der Waals surface area contributed by atoms with Crippen LogP contribution >= 0.6 is 11.3 Å². The van der Waals surface area contributed by atoms with Crippen molar-refractivity contribution in [3.8, 4) is 0 Å². The number of para-hydroxylation sites is 2. The van der Waals surface area contributed by atoms with Gasteiger partial charge in [-0.3, -0.25) is 4.79 Å². The van der Waals surface area contributed by atoms with E-state index in [-0.39, 0.29) is 12.3 Å². The number of benzene rings is 1. The SMILES string of the molecule is Cc1ccnc(Nc2nc(CC(=O)NCc3nc4ccccc4[nH]3)cs2)c1. The summed E-state index contributed by atoms with van der Waals surface area (Å²) in [6, 6.07) is 11.7. The maximum Gasteiger partial charge on any atom is 0.226 e. The molecule has 0 saturated heterocycles. The molecule has 4 aromatic rings. The highest BCUT2D eigenvalue weighted by Crippen LogP contribution is 2.20. The number of amides is 1. The maximum atomic E-state index is 12.2. The van der Waals surface area contributed by atoms with Crippen molar-refractivity contribution in [2.75, 3.05) is 5.32 Å². The quantitative estimate of drug-likeness (QED) is 0.478. The number of imidazole rings is 1. The fourth-order valence-electron chi connectivity index (χ4n) is 2.66. The minimum absolute atomic E-state index is 0.0963. The molecule has 27 heavy (non-hydrogen) atoms. The van der Waals surface area contributed by atoms with Gasteiger partial charge >= 0.3 is 0 Å². The molecule has 0 bridgehead atoms. The van der Waals surface area contributed by atoms with Gasteiger partial charge in [0.05, 0.1) is 29.7 Å². The average molecular weight is 378 g/mol. The molecule has 0 aliphatic carbocycles. The topological polar surface area (TPSA) is 95.6 Å². The second-order valence-electron chi connectivity index (χ2n) is 6.14. The number of hydrogen-bond donors (Lipinski definition) is 3. The number of aryl methyl sites for hydroxylation is 1. The number of fused-ring (bicyclic) bond motifs is 1. The number of rotatable bonds is 6. The van der Waals surface area contributed by atoms with E-state index >= 15 is 0 Å². The third-order valence-electron chi connectivity index (χ3n) is 3.94. The number of H-pyrrole nitrogens is 1. The summed E-state index contributed by atoms with van der Waals surface area (Å²) in [4.78, 5) is 28.5. The molecule has 0 spiro atoms. The molecule has 1 aromatic carbocycles. The number of aromatic nitrogens is 4. The first kappa shape index (κ1) is 17.2. The van der Waals surface area contributed by atoms with Crippen LogP contribution in [0.5, 0.6) is 0 Å². The molecule has 3 heterocycles. The van der Waals surface area contributed by atoms with Crippen LogP contribution in [0.2, 0.25) is 0 Å². The van der Waals surface area contributed by atoms with Crippen LogP contribution in [0.4, 0.5) is 10.9 Å². The lowest BCUT2D eigenvalue weighted by Crippen LogP contribution is -2.25. The molecule has 0 fully saturated rings. The van der Waals surface area contributed by atoms with Gasteiger partial charge in [-0.2, -0.15) is 0 Å². The molecule has 7 nitrogen and oxygen atoms in total. The standard InChI is InChI=1S/C19H18N6OS/c1-12-6-7-20-16(8-12)25-19-22-13(11-27-19)9-18(26)21-10-17-23-14-4-2-3-5-15(14)24-17/h2-8,11H,9-10H2,1H3,(H,21,26)(H,23,24)(H,20,22,25). The number of carbonyl (C=O) groups is 1. The van der Waals surface area contributed by atoms with Gasteiger partial charge in [0.2, 0.25) is 5.91 Å². The van der Waals surface area contributed by atoms with Crippen molar-refractivity contribution < 1.29 is 4.79 Å². The summed E-state index contributed by atoms with van der Waals surface area (Å²) in [7, 11) is 0. The monoisotopic (exact) mass is 378 g/mol. The minimum Gasteiger partial charge on any atom is -0.349 e. The highest BCUT2D eigenvalue weighted by Gasteiger charge is 2.09. The molecule has 1 amide bonds. The summed E-state index contributed by atoms with van der Waals surface area (Å²) in [6.45, 7) is 2.36. The second kappa shape index (κ2) is 7.55. The molecule has 0 aliphatic heterocycles. The first-order chi connectivity index (χ1) is 13.2. The van der Waals surface area contributed by atoms with Crippen molar-refractivity contribution in [3.05, 3.63) is 65.1 Å². The Morgan fingerprint density at radius 1 is 1.22 bits per heavy atom. The van der Waals surface area contributed by atoms with Crippen LogP contribution < -0.4 is 10.6 Å². The van der Waals surface area contributed by atoms with E-state index < -0.39 is 0 Å². The van der Waals surface area contributed by atoms with Gasteiger partial charge in [-0.1, -0.05) is 12.1 Å². The number of hydrogen-bond acceptors (Lipinski definition) is 6. The zero-order chi connectivity index (χ0) is 18.6. The van der Waals surface area contributed by atoms with Gasteiger partial charge in [-0.25, -0.2) is 15.0 Å². The van der Waals surface area contributed by atoms with Gasteiger partial charge in [0.1, 0.15) is 11.6 Å². The van der Waals surface area contributed by atoms with E-state index in [4.69, 9.17) is 0 Å². The second-order valence-corrected chi connectivity index (χ2v) is 7.00. The largest absolute Gasteiger partial charge is 0.349 e. The van der Waals surface area contributed by atoms with Crippen LogP contribution in [0.15, 0.2) is 48.0 Å². The lowest BCUT2D eigenvalue weighted by Gasteiger charge is -2.02. The van der Waals surface area contributed by atoms with E-state index in [1.54, 1.807) is 6.20 Å². The van der Waals surface area contributed by atoms with E-state index in [0.717, 1.165) is 33.9 Å². The summed E-state index contributed by atoms with van der Waals surface area (Å²) < 4.78 is 0. The third kappa shape index (κ3) is 4.29. The Morgan fingerprint density at radius 3 is 2.96 bits per heavy atom. The van der Waals surface area contributed by atoms with Crippen molar-refractivity contribution in [3.63, 3.8) is 0 Å². The lowest BCUT2D eigenvalue weighted by atomic mass is 10.3. The Labute approximate surface area is 159 Å². The molecule has 8 heteroatoms. The zero-order valence-corrected chi connectivity index (χ0v) is 15.5. The summed E-state index contributed by atoms with van der Waals surface area (Å²) in [5, 5.41) is 8.62. The van der Waals surface area contributed by atoms with E-state index in [0.29, 0.717) is 11.7 Å². The Kier molecular flexibility index (Phi) is 4.80. The van der Waals surface area contributed by atoms with Gasteiger partial charge in [-0.05, 0) is 36.8 Å². The number of carbonyl (C=O) groups excluding carboxylic acids is 1. The van der Waals surface area contributed by atoms with Gasteiger partial charge in [0, 0.05) is 11.6 Å². The van der Waals surface area contributed by atoms with Gasteiger partial charge in [0.15, 0.2) is 5.13 Å². The highest BCUT2D eigenvalue weighted by atomic mass is 32.1. The Balaban J connectivity index is 1.32. The van der Waals surface area contributed by atoms with Crippen LogP contribution in [-0.2, 0) is 17.8 Å². The van der Waals surface area contributed by atoms with E-state index in [9.17, 15) is 4.79 Å². The van der Waals surface area contributed by atoms with E-state index in [1.807, 2.05) is 48.7 Å². The van der Waals surface area contributed by atoms with Crippen LogP contribution in [-0.4, -0.2) is 25.8 Å². The first-order valence-corrected chi connectivity index (χ1v) is 9.38. The van der Waals surface area contributed by atoms with Crippen LogP contribution in [0.25, 0.3) is 11.0 Å². The molecule has 4 rings (SSSR count). The smallest absolute Gasteiger partial charge is 0.226 e. The lowest BCUT2D eigenvalue weighted by molar-refractivity contribution is -0.120. The number of pyridine rings is 1. The highest BCUT2D eigenvalue weighted by molar-refractivity contribution is 7.13. The fourth-order valence-corrected chi connectivity index (χ4v) is 3.38. The van der Waals surface area contributed by atoms with Crippen molar-refractivity contribution >= 4 is 39.2 Å². The fraction of sp³-hybridized carbons (Fsp3) is 0.158. The molecule has 0 radical (unpaired) electrons. The number of nitrogens with zero attached hydrogens (tertiary/aromatic N) is 3. The third-order valence-corrected chi connectivity index (χ3v) is 4.74. The van der Waals surface area contributed by atoms with Crippen molar-refractivity contribution in [2.45, 2.75) is 19.9 Å². The molecule has 0 saturated carbocycles. The van der Waals surface area contributed by atoms with Gasteiger partial charge in [0.25, 0.3) is 0 Å². The van der Waals surface area contributed by atoms with E-state index in [1.165, 1.54) is 11.3 Å². The Bertz CT molecular complexity index is 1050. The normalized spacial score (nSPS) is 10.9.